The van der Waals surface area contributed by atoms with Crippen molar-refractivity contribution in [1.82, 2.24) is 4.90 Å². The second kappa shape index (κ2) is 6.37. The van der Waals surface area contributed by atoms with Crippen LogP contribution in [0, 0.1) is 5.92 Å². The van der Waals surface area contributed by atoms with Crippen LogP contribution in [0.1, 0.15) is 45.4 Å². The van der Waals surface area contributed by atoms with Crippen molar-refractivity contribution in [2.24, 2.45) is 5.92 Å². The van der Waals surface area contributed by atoms with Gasteiger partial charge in [-0.05, 0) is 45.1 Å². The van der Waals surface area contributed by atoms with E-state index < -0.39 is 0 Å². The molecule has 0 aromatic heterocycles. The third kappa shape index (κ3) is 3.14. The van der Waals surface area contributed by atoms with Crippen LogP contribution in [0.25, 0.3) is 0 Å². The molecule has 1 saturated heterocycles. The first kappa shape index (κ1) is 13.6. The molecule has 2 aliphatic rings. The molecule has 0 N–H and O–H groups in total. The van der Waals surface area contributed by atoms with Gasteiger partial charge in [-0.3, -0.25) is 4.90 Å². The zero-order chi connectivity index (χ0) is 13.0. The molecule has 1 aliphatic heterocycles. The summed E-state index contributed by atoms with van der Waals surface area (Å²) < 4.78 is 5.01. The van der Waals surface area contributed by atoms with Gasteiger partial charge in [-0.1, -0.05) is 19.4 Å². The van der Waals surface area contributed by atoms with Crippen molar-refractivity contribution in [2.45, 2.75) is 51.5 Å². The van der Waals surface area contributed by atoms with Crippen molar-refractivity contribution in [3.63, 3.8) is 0 Å². The molecule has 1 unspecified atom stereocenters. The lowest BCUT2D eigenvalue weighted by Crippen LogP contribution is -2.37. The zero-order valence-electron chi connectivity index (χ0n) is 11.5. The first-order chi connectivity index (χ1) is 8.72. The first-order valence-electron chi connectivity index (χ1n) is 7.31. The molecule has 18 heavy (non-hydrogen) atoms. The van der Waals surface area contributed by atoms with E-state index in [1.165, 1.54) is 38.5 Å². The number of carbonyl (C=O) groups is 1. The fraction of sp³-hybridized carbons (Fsp3) is 0.800. The van der Waals surface area contributed by atoms with Gasteiger partial charge in [-0.2, -0.15) is 0 Å². The average Bonchev–Trinajstić information content (AvgIpc) is 2.98. The third-order valence-electron chi connectivity index (χ3n) is 4.32. The number of hydrogen-bond donors (Lipinski definition) is 0. The number of likely N-dealkylation sites (tertiary alicyclic amines) is 1. The number of rotatable bonds is 5. The van der Waals surface area contributed by atoms with Crippen LogP contribution in [0.3, 0.4) is 0 Å². The highest BCUT2D eigenvalue weighted by Crippen LogP contribution is 2.35. The molecule has 0 bridgehead atoms. The summed E-state index contributed by atoms with van der Waals surface area (Å²) >= 11 is 0. The van der Waals surface area contributed by atoms with Crippen LogP contribution in [-0.4, -0.2) is 36.6 Å². The molecule has 1 atom stereocenters. The second-order valence-corrected chi connectivity index (χ2v) is 5.55. The van der Waals surface area contributed by atoms with E-state index in [0.717, 1.165) is 12.5 Å². The monoisotopic (exact) mass is 251 g/mol. The van der Waals surface area contributed by atoms with Crippen molar-refractivity contribution in [1.29, 1.82) is 0 Å². The third-order valence-corrected chi connectivity index (χ3v) is 4.32. The largest absolute Gasteiger partial charge is 0.463 e. The van der Waals surface area contributed by atoms with E-state index in [4.69, 9.17) is 4.74 Å². The number of esters is 1. The average molecular weight is 251 g/mol. The summed E-state index contributed by atoms with van der Waals surface area (Å²) in [6.07, 6.45) is 8.06. The summed E-state index contributed by atoms with van der Waals surface area (Å²) in [4.78, 5) is 14.1. The first-order valence-corrected chi connectivity index (χ1v) is 7.31. The molecule has 1 saturated carbocycles. The quantitative estimate of drug-likeness (QED) is 0.556. The van der Waals surface area contributed by atoms with Crippen molar-refractivity contribution in [3.05, 3.63) is 12.2 Å². The lowest BCUT2D eigenvalue weighted by Gasteiger charge is -2.29. The minimum Gasteiger partial charge on any atom is -0.463 e. The van der Waals surface area contributed by atoms with Gasteiger partial charge in [0.2, 0.25) is 0 Å². The van der Waals surface area contributed by atoms with Crippen molar-refractivity contribution in [2.75, 3.05) is 19.7 Å². The number of nitrogens with zero attached hydrogens (tertiary/aromatic N) is 1. The Morgan fingerprint density at radius 2 is 2.00 bits per heavy atom. The Morgan fingerprint density at radius 3 is 2.67 bits per heavy atom. The molecule has 1 heterocycles. The Balaban J connectivity index is 1.87. The lowest BCUT2D eigenvalue weighted by atomic mass is 9.96. The summed E-state index contributed by atoms with van der Waals surface area (Å²) in [5.74, 6) is 0.622. The van der Waals surface area contributed by atoms with Gasteiger partial charge in [-0.15, -0.1) is 0 Å². The highest BCUT2D eigenvalue weighted by Gasteiger charge is 2.33. The topological polar surface area (TPSA) is 29.5 Å². The van der Waals surface area contributed by atoms with Crippen LogP contribution in [0.2, 0.25) is 0 Å². The van der Waals surface area contributed by atoms with Crippen LogP contribution >= 0.6 is 0 Å². The summed E-state index contributed by atoms with van der Waals surface area (Å²) in [7, 11) is 0. The lowest BCUT2D eigenvalue weighted by molar-refractivity contribution is -0.138. The number of hydrogen-bond acceptors (Lipinski definition) is 3. The highest BCUT2D eigenvalue weighted by molar-refractivity contribution is 5.88. The molecule has 0 amide bonds. The van der Waals surface area contributed by atoms with Crippen LogP contribution in [-0.2, 0) is 9.53 Å². The van der Waals surface area contributed by atoms with Gasteiger partial charge in [-0.25, -0.2) is 4.79 Å². The molecular weight excluding hydrogens is 226 g/mol. The van der Waals surface area contributed by atoms with Crippen molar-refractivity contribution >= 4 is 5.97 Å². The van der Waals surface area contributed by atoms with Crippen LogP contribution < -0.4 is 0 Å². The van der Waals surface area contributed by atoms with Crippen LogP contribution in [0.15, 0.2) is 12.2 Å². The summed E-state index contributed by atoms with van der Waals surface area (Å²) in [5, 5.41) is 0. The van der Waals surface area contributed by atoms with E-state index >= 15 is 0 Å². The van der Waals surface area contributed by atoms with Gasteiger partial charge < -0.3 is 4.74 Å². The minimum atomic E-state index is -0.227. The van der Waals surface area contributed by atoms with Crippen LogP contribution in [0.5, 0.6) is 0 Å². The Kier molecular flexibility index (Phi) is 4.81. The summed E-state index contributed by atoms with van der Waals surface area (Å²) in [6, 6.07) is 0.679. The van der Waals surface area contributed by atoms with E-state index in [-0.39, 0.29) is 5.97 Å². The molecule has 3 nitrogen and oxygen atoms in total. The molecule has 0 aromatic carbocycles. The molecule has 3 heteroatoms. The van der Waals surface area contributed by atoms with E-state index in [2.05, 4.69) is 11.5 Å². The van der Waals surface area contributed by atoms with Crippen molar-refractivity contribution < 1.29 is 9.53 Å². The molecule has 102 valence electrons. The molecule has 0 aromatic rings. The smallest absolute Gasteiger partial charge is 0.334 e. The van der Waals surface area contributed by atoms with E-state index in [9.17, 15) is 4.79 Å². The van der Waals surface area contributed by atoms with E-state index in [1.54, 1.807) is 0 Å². The molecule has 2 fully saturated rings. The fourth-order valence-electron chi connectivity index (χ4n) is 3.47. The van der Waals surface area contributed by atoms with Gasteiger partial charge in [0.1, 0.15) is 0 Å². The molecular formula is C15H25NO2. The van der Waals surface area contributed by atoms with Crippen LogP contribution in [0.4, 0.5) is 0 Å². The van der Waals surface area contributed by atoms with Gasteiger partial charge >= 0.3 is 5.97 Å². The van der Waals surface area contributed by atoms with Gasteiger partial charge in [0.05, 0.1) is 6.61 Å². The van der Waals surface area contributed by atoms with Gasteiger partial charge in [0.15, 0.2) is 0 Å². The SMILES string of the molecule is C=C(CN1CCCC1C1CCCC1)C(=O)OCC. The molecule has 0 spiro atoms. The Hall–Kier alpha value is -0.830. The molecule has 2 rings (SSSR count). The Bertz CT molecular complexity index is 308. The summed E-state index contributed by atoms with van der Waals surface area (Å²) in [5.41, 5.74) is 0.613. The predicted molar refractivity (Wildman–Crippen MR) is 72.3 cm³/mol. The number of carbonyl (C=O) groups excluding carboxylic acids is 1. The maximum Gasteiger partial charge on any atom is 0.334 e. The van der Waals surface area contributed by atoms with Gasteiger partial charge in [0.25, 0.3) is 0 Å². The maximum atomic E-state index is 11.6. The highest BCUT2D eigenvalue weighted by atomic mass is 16.5. The Labute approximate surface area is 110 Å². The van der Waals surface area contributed by atoms with Gasteiger partial charge in [0, 0.05) is 18.2 Å². The second-order valence-electron chi connectivity index (χ2n) is 5.55. The standard InChI is InChI=1S/C15H25NO2/c1-3-18-15(17)12(2)11-16-10-6-9-14(16)13-7-4-5-8-13/h13-14H,2-11H2,1H3. The normalized spacial score (nSPS) is 25.5. The molecule has 1 aliphatic carbocycles. The van der Waals surface area contributed by atoms with E-state index in [1.807, 2.05) is 6.92 Å². The number of ether oxygens (including phenoxy) is 1. The van der Waals surface area contributed by atoms with Crippen molar-refractivity contribution in [3.8, 4) is 0 Å². The Morgan fingerprint density at radius 1 is 1.28 bits per heavy atom. The zero-order valence-corrected chi connectivity index (χ0v) is 11.5. The molecule has 0 radical (unpaired) electrons. The maximum absolute atomic E-state index is 11.6. The summed E-state index contributed by atoms with van der Waals surface area (Å²) in [6.45, 7) is 7.96. The fourth-order valence-corrected chi connectivity index (χ4v) is 3.47. The van der Waals surface area contributed by atoms with E-state index in [0.29, 0.717) is 24.8 Å². The predicted octanol–water partition coefficient (Wildman–Crippen LogP) is 2.76. The minimum absolute atomic E-state index is 0.227.